The zero-order chi connectivity index (χ0) is 19.1. The maximum atomic E-state index is 13.0. The molecule has 150 valence electrons. The molecular formula is C24H32N2O2. The fourth-order valence-electron chi connectivity index (χ4n) is 7.03. The summed E-state index contributed by atoms with van der Waals surface area (Å²) in [6, 6.07) is 10.6. The van der Waals surface area contributed by atoms with Crippen LogP contribution in [0.3, 0.4) is 0 Å². The highest BCUT2D eigenvalue weighted by Gasteiger charge is 2.54. The van der Waals surface area contributed by atoms with Crippen LogP contribution in [0.25, 0.3) is 0 Å². The first-order valence-electron chi connectivity index (χ1n) is 11.2. The lowest BCUT2D eigenvalue weighted by atomic mass is 9.49. The Labute approximate surface area is 168 Å². The average molecular weight is 381 g/mol. The number of likely N-dealkylation sites (tertiary alicyclic amines) is 1. The van der Waals surface area contributed by atoms with E-state index in [1.165, 1.54) is 24.8 Å². The molecule has 1 aliphatic heterocycles. The SMILES string of the molecule is O=C(CNC(=O)C12CC3CC(CC(C3)C1)C2)N1CCC(c2ccccc2)CC1. The smallest absolute Gasteiger partial charge is 0.241 e. The molecule has 1 saturated heterocycles. The Balaban J connectivity index is 1.13. The summed E-state index contributed by atoms with van der Waals surface area (Å²) in [5, 5.41) is 3.05. The second kappa shape index (κ2) is 7.20. The lowest BCUT2D eigenvalue weighted by Gasteiger charge is -2.55. The van der Waals surface area contributed by atoms with Gasteiger partial charge in [0.25, 0.3) is 0 Å². The number of nitrogens with zero attached hydrogens (tertiary/aromatic N) is 1. The standard InChI is InChI=1S/C24H32N2O2/c27-22(26-8-6-21(7-9-26)20-4-2-1-3-5-20)16-25-23(28)24-13-17-10-18(14-24)12-19(11-17)15-24/h1-5,17-19,21H,6-16H2,(H,25,28). The second-order valence-corrected chi connectivity index (χ2v) is 9.95. The van der Waals surface area contributed by atoms with E-state index in [0.29, 0.717) is 5.92 Å². The highest BCUT2D eigenvalue weighted by Crippen LogP contribution is 2.60. The van der Waals surface area contributed by atoms with E-state index in [1.807, 2.05) is 4.90 Å². The van der Waals surface area contributed by atoms with Crippen molar-refractivity contribution >= 4 is 11.8 Å². The fourth-order valence-corrected chi connectivity index (χ4v) is 7.03. The minimum absolute atomic E-state index is 0.0876. The Morgan fingerprint density at radius 3 is 2.07 bits per heavy atom. The van der Waals surface area contributed by atoms with Gasteiger partial charge in [0, 0.05) is 18.5 Å². The predicted molar refractivity (Wildman–Crippen MR) is 109 cm³/mol. The first kappa shape index (κ1) is 18.2. The van der Waals surface area contributed by atoms with Crippen LogP contribution < -0.4 is 5.32 Å². The number of hydrogen-bond acceptors (Lipinski definition) is 2. The summed E-state index contributed by atoms with van der Waals surface area (Å²) in [5.74, 6) is 3.06. The molecule has 1 aromatic rings. The van der Waals surface area contributed by atoms with Crippen LogP contribution in [0, 0.1) is 23.2 Å². The summed E-state index contributed by atoms with van der Waals surface area (Å²) in [4.78, 5) is 27.7. The van der Waals surface area contributed by atoms with Crippen molar-refractivity contribution in [2.24, 2.45) is 23.2 Å². The number of carbonyl (C=O) groups is 2. The Hall–Kier alpha value is -1.84. The van der Waals surface area contributed by atoms with Gasteiger partial charge in [0.05, 0.1) is 6.54 Å². The average Bonchev–Trinajstić information content (AvgIpc) is 2.71. The Morgan fingerprint density at radius 2 is 1.50 bits per heavy atom. The van der Waals surface area contributed by atoms with Gasteiger partial charge in [-0.05, 0) is 80.6 Å². The minimum atomic E-state index is -0.157. The third kappa shape index (κ3) is 3.35. The van der Waals surface area contributed by atoms with Crippen LogP contribution in [0.5, 0.6) is 0 Å². The number of benzene rings is 1. The molecule has 4 nitrogen and oxygen atoms in total. The quantitative estimate of drug-likeness (QED) is 0.865. The topological polar surface area (TPSA) is 49.4 Å². The van der Waals surface area contributed by atoms with E-state index < -0.39 is 0 Å². The Morgan fingerprint density at radius 1 is 0.929 bits per heavy atom. The predicted octanol–water partition coefficient (Wildman–Crippen LogP) is 3.73. The van der Waals surface area contributed by atoms with Crippen molar-refractivity contribution in [1.82, 2.24) is 10.2 Å². The first-order valence-corrected chi connectivity index (χ1v) is 11.2. The summed E-state index contributed by atoms with van der Waals surface area (Å²) in [6.07, 6.45) is 9.20. The number of rotatable bonds is 4. The minimum Gasteiger partial charge on any atom is -0.347 e. The van der Waals surface area contributed by atoms with Crippen molar-refractivity contribution in [2.75, 3.05) is 19.6 Å². The largest absolute Gasteiger partial charge is 0.347 e. The summed E-state index contributed by atoms with van der Waals surface area (Å²) in [7, 11) is 0. The van der Waals surface area contributed by atoms with E-state index in [9.17, 15) is 9.59 Å². The summed E-state index contributed by atoms with van der Waals surface area (Å²) >= 11 is 0. The van der Waals surface area contributed by atoms with Crippen molar-refractivity contribution in [3.63, 3.8) is 0 Å². The molecule has 1 N–H and O–H groups in total. The zero-order valence-corrected chi connectivity index (χ0v) is 16.7. The van der Waals surface area contributed by atoms with Gasteiger partial charge in [-0.15, -0.1) is 0 Å². The molecule has 0 aromatic heterocycles. The molecule has 0 unspecified atom stereocenters. The summed E-state index contributed by atoms with van der Waals surface area (Å²) < 4.78 is 0. The molecule has 5 fully saturated rings. The maximum absolute atomic E-state index is 13.0. The molecule has 0 atom stereocenters. The van der Waals surface area contributed by atoms with E-state index in [2.05, 4.69) is 35.6 Å². The highest BCUT2D eigenvalue weighted by molar-refractivity contribution is 5.88. The molecule has 5 aliphatic rings. The number of nitrogens with one attached hydrogen (secondary N) is 1. The number of piperidine rings is 1. The molecule has 4 aliphatic carbocycles. The molecular weight excluding hydrogens is 348 g/mol. The molecule has 0 radical (unpaired) electrons. The lowest BCUT2D eigenvalue weighted by Crippen LogP contribution is -2.55. The fraction of sp³-hybridized carbons (Fsp3) is 0.667. The van der Waals surface area contributed by atoms with Gasteiger partial charge in [0.2, 0.25) is 11.8 Å². The van der Waals surface area contributed by atoms with Crippen LogP contribution in [0.2, 0.25) is 0 Å². The number of hydrogen-bond donors (Lipinski definition) is 1. The molecule has 6 rings (SSSR count). The van der Waals surface area contributed by atoms with Crippen LogP contribution in [-0.2, 0) is 9.59 Å². The summed E-state index contributed by atoms with van der Waals surface area (Å²) in [5.41, 5.74) is 1.22. The zero-order valence-electron chi connectivity index (χ0n) is 16.7. The molecule has 28 heavy (non-hydrogen) atoms. The van der Waals surface area contributed by atoms with Crippen molar-refractivity contribution in [1.29, 1.82) is 0 Å². The molecule has 0 spiro atoms. The third-order valence-corrected chi connectivity index (χ3v) is 8.04. The van der Waals surface area contributed by atoms with Crippen LogP contribution in [0.15, 0.2) is 30.3 Å². The Bertz CT molecular complexity index is 701. The first-order chi connectivity index (χ1) is 13.6. The van der Waals surface area contributed by atoms with E-state index in [4.69, 9.17) is 0 Å². The monoisotopic (exact) mass is 380 g/mol. The maximum Gasteiger partial charge on any atom is 0.241 e. The summed E-state index contributed by atoms with van der Waals surface area (Å²) in [6.45, 7) is 1.77. The van der Waals surface area contributed by atoms with Gasteiger partial charge in [-0.25, -0.2) is 0 Å². The third-order valence-electron chi connectivity index (χ3n) is 8.04. The lowest BCUT2D eigenvalue weighted by molar-refractivity contribution is -0.148. The molecule has 4 saturated carbocycles. The van der Waals surface area contributed by atoms with E-state index in [-0.39, 0.29) is 23.8 Å². The molecule has 1 aromatic carbocycles. The van der Waals surface area contributed by atoms with Crippen LogP contribution in [-0.4, -0.2) is 36.3 Å². The van der Waals surface area contributed by atoms with E-state index >= 15 is 0 Å². The van der Waals surface area contributed by atoms with Crippen LogP contribution in [0.4, 0.5) is 0 Å². The van der Waals surface area contributed by atoms with Gasteiger partial charge in [0.15, 0.2) is 0 Å². The van der Waals surface area contributed by atoms with Gasteiger partial charge < -0.3 is 10.2 Å². The van der Waals surface area contributed by atoms with E-state index in [1.54, 1.807) is 0 Å². The van der Waals surface area contributed by atoms with Gasteiger partial charge in [-0.1, -0.05) is 30.3 Å². The van der Waals surface area contributed by atoms with Gasteiger partial charge >= 0.3 is 0 Å². The van der Waals surface area contributed by atoms with Gasteiger partial charge in [0.1, 0.15) is 0 Å². The van der Waals surface area contributed by atoms with Crippen molar-refractivity contribution in [3.05, 3.63) is 35.9 Å². The molecule has 4 bridgehead atoms. The normalized spacial score (nSPS) is 34.4. The van der Waals surface area contributed by atoms with Crippen molar-refractivity contribution in [3.8, 4) is 0 Å². The number of amides is 2. The van der Waals surface area contributed by atoms with Gasteiger partial charge in [-0.2, -0.15) is 0 Å². The molecule has 2 amide bonds. The second-order valence-electron chi connectivity index (χ2n) is 9.95. The Kier molecular flexibility index (Phi) is 4.68. The molecule has 4 heteroatoms. The van der Waals surface area contributed by atoms with Gasteiger partial charge in [-0.3, -0.25) is 9.59 Å². The van der Waals surface area contributed by atoms with Crippen LogP contribution >= 0.6 is 0 Å². The molecule has 1 heterocycles. The number of carbonyl (C=O) groups excluding carboxylic acids is 2. The van der Waals surface area contributed by atoms with Crippen LogP contribution in [0.1, 0.15) is 62.8 Å². The van der Waals surface area contributed by atoms with Crippen molar-refractivity contribution in [2.45, 2.75) is 57.3 Å². The van der Waals surface area contributed by atoms with E-state index in [0.717, 1.165) is 62.9 Å². The van der Waals surface area contributed by atoms with Crippen molar-refractivity contribution < 1.29 is 9.59 Å². The highest BCUT2D eigenvalue weighted by atomic mass is 16.2.